The molecule has 20 nitrogen and oxygen atoms in total. The molecule has 0 heterocycles. The summed E-state index contributed by atoms with van der Waals surface area (Å²) in [5.41, 5.74) is -2.83. The van der Waals surface area contributed by atoms with Crippen LogP contribution in [0.1, 0.15) is 280 Å². The Morgan fingerprint density at radius 1 is 0.295 bits per heavy atom. The van der Waals surface area contributed by atoms with Gasteiger partial charge in [0.05, 0.1) is 0 Å². The Kier molecular flexibility index (Phi) is 48.0. The van der Waals surface area contributed by atoms with Gasteiger partial charge in [-0.1, -0.05) is 148 Å². The first-order chi connectivity index (χ1) is 40.9. The minimum atomic E-state index is -1.42. The van der Waals surface area contributed by atoms with Crippen LogP contribution in [-0.4, -0.2) is 94.0 Å². The first-order valence-corrected chi connectivity index (χ1v) is 32.2. The molecule has 0 aliphatic heterocycles. The van der Waals surface area contributed by atoms with Gasteiger partial charge in [-0.05, 0) is 92.9 Å². The van der Waals surface area contributed by atoms with Crippen LogP contribution >= 0.6 is 0 Å². The van der Waals surface area contributed by atoms with Gasteiger partial charge in [-0.25, -0.2) is 0 Å². The van der Waals surface area contributed by atoms with E-state index in [1.165, 1.54) is 41.5 Å². The Morgan fingerprint density at radius 2 is 0.557 bits per heavy atom. The molecule has 0 rings (SSSR count). The molecular formula is C68H112O20. The van der Waals surface area contributed by atoms with Crippen LogP contribution in [0.15, 0.2) is 0 Å². The van der Waals surface area contributed by atoms with E-state index in [0.717, 1.165) is 64.2 Å². The molecule has 0 aromatic rings. The summed E-state index contributed by atoms with van der Waals surface area (Å²) < 4.78 is 19.2. The van der Waals surface area contributed by atoms with Crippen molar-refractivity contribution < 1.29 is 95.7 Å². The van der Waals surface area contributed by atoms with Crippen LogP contribution in [0.4, 0.5) is 0 Å². The van der Waals surface area contributed by atoms with E-state index in [4.69, 9.17) is 14.2 Å². The zero-order valence-electron chi connectivity index (χ0n) is 57.3. The van der Waals surface area contributed by atoms with Crippen LogP contribution < -0.4 is 0 Å². The number of rotatable bonds is 40. The van der Waals surface area contributed by atoms with Crippen LogP contribution in [0.3, 0.4) is 0 Å². The standard InChI is InChI=1S/C24H42O5.2C16H26O5.C12H18O5/c1-5-9-13-17-21(25)19(15-11-7-3)23(27)29-24(28)20(16-12-8-4)22(26)18-14-10-6-2;1-9(2)11(17)15(5,6)13(19)21-14(20)16(7,8)12(18)10(3)4;1-5-9-13(17)11(7-3)15(19)21-16(20)12(8-4)14(18)10-6-2;1-5-9(13)7(3)11(15)17-12(16)8(4)10(14)6-2/h19-20H,5-18H2,1-4H3;9-10H,1-8H3;11-12H,5-10H2,1-4H3;7-8H,5-6H2,1-4H3. The summed E-state index contributed by atoms with van der Waals surface area (Å²) >= 11 is 0. The fraction of sp³-hybridized carbons (Fsp3) is 0.765. The van der Waals surface area contributed by atoms with Gasteiger partial charge in [0.25, 0.3) is 0 Å². The zero-order valence-corrected chi connectivity index (χ0v) is 57.3. The molecule has 0 N–H and O–H groups in total. The summed E-state index contributed by atoms with van der Waals surface area (Å²) in [6, 6.07) is 0. The molecule has 0 saturated heterocycles. The third-order valence-electron chi connectivity index (χ3n) is 14.7. The largest absolute Gasteiger partial charge is 0.392 e. The highest BCUT2D eigenvalue weighted by molar-refractivity contribution is 6.11. The molecular weight excluding hydrogens is 1140 g/mol. The molecule has 6 unspecified atom stereocenters. The Balaban J connectivity index is -0.000000545. The van der Waals surface area contributed by atoms with Crippen LogP contribution in [-0.2, 0) is 95.7 Å². The van der Waals surface area contributed by atoms with Crippen molar-refractivity contribution in [1.29, 1.82) is 0 Å². The number of esters is 8. The molecule has 88 heavy (non-hydrogen) atoms. The molecule has 0 aliphatic rings. The molecule has 0 aromatic heterocycles. The first kappa shape index (κ1) is 88.3. The van der Waals surface area contributed by atoms with Crippen molar-refractivity contribution in [3.05, 3.63) is 0 Å². The molecule has 0 saturated carbocycles. The molecule has 0 radical (unpaired) electrons. The molecule has 6 atom stereocenters. The number of unbranched alkanes of at least 4 members (excludes halogenated alkanes) is 6. The topological polar surface area (TPSA) is 310 Å². The smallest absolute Gasteiger partial charge is 0.326 e. The second kappa shape index (κ2) is 47.9. The Labute approximate surface area is 525 Å². The summed E-state index contributed by atoms with van der Waals surface area (Å²) in [7, 11) is 0. The quantitative estimate of drug-likeness (QED) is 0.0238. The highest BCUT2D eigenvalue weighted by Crippen LogP contribution is 2.28. The number of ether oxygens (including phenoxy) is 4. The average molecular weight is 1250 g/mol. The van der Waals surface area contributed by atoms with Gasteiger partial charge in [0.1, 0.15) is 81.0 Å². The third kappa shape index (κ3) is 33.5. The second-order valence-electron chi connectivity index (χ2n) is 23.9. The lowest BCUT2D eigenvalue weighted by molar-refractivity contribution is -0.176. The van der Waals surface area contributed by atoms with Gasteiger partial charge in [-0.3, -0.25) is 76.7 Å². The van der Waals surface area contributed by atoms with E-state index in [-0.39, 0.29) is 83.8 Å². The van der Waals surface area contributed by atoms with Crippen LogP contribution in [0, 0.1) is 58.2 Å². The third-order valence-corrected chi connectivity index (χ3v) is 14.7. The van der Waals surface area contributed by atoms with Gasteiger partial charge >= 0.3 is 47.8 Å². The Morgan fingerprint density at radius 3 is 0.795 bits per heavy atom. The summed E-state index contributed by atoms with van der Waals surface area (Å²) in [4.78, 5) is 191. The maximum Gasteiger partial charge on any atom is 0.326 e. The molecule has 0 fully saturated rings. The highest BCUT2D eigenvalue weighted by Gasteiger charge is 2.45. The Bertz CT molecular complexity index is 2150. The highest BCUT2D eigenvalue weighted by atomic mass is 16.6. The molecule has 0 amide bonds. The lowest BCUT2D eigenvalue weighted by atomic mass is 9.81. The zero-order chi connectivity index (χ0) is 69.2. The lowest BCUT2D eigenvalue weighted by Gasteiger charge is -2.26. The van der Waals surface area contributed by atoms with Crippen molar-refractivity contribution in [2.45, 2.75) is 280 Å². The molecule has 0 aromatic carbocycles. The molecule has 0 spiro atoms. The SMILES string of the molecule is CC(C)C(=O)C(C)(C)C(=O)OC(=O)C(C)(C)C(=O)C(C)C.CCC(=O)C(C)C(=O)OC(=O)C(C)C(=O)CC.CCCC(=O)C(CC)C(=O)OC(=O)C(CC)C(=O)CCC.CCCCCC(=O)C(CCCC)C(=O)OC(=O)C(CCCC)C(=O)CCCCC. The van der Waals surface area contributed by atoms with Gasteiger partial charge < -0.3 is 18.9 Å². The van der Waals surface area contributed by atoms with Crippen LogP contribution in [0.25, 0.3) is 0 Å². The molecule has 0 bridgehead atoms. The number of carbonyl (C=O) groups excluding carboxylic acids is 16. The lowest BCUT2D eigenvalue weighted by Crippen LogP contribution is -2.43. The van der Waals surface area contributed by atoms with E-state index in [9.17, 15) is 76.7 Å². The molecule has 20 heteroatoms. The number of hydrogen-bond acceptors (Lipinski definition) is 20. The minimum absolute atomic E-state index is 0.149. The fourth-order valence-electron chi connectivity index (χ4n) is 8.59. The van der Waals surface area contributed by atoms with Gasteiger partial charge in [0.15, 0.2) is 11.6 Å². The summed E-state index contributed by atoms with van der Waals surface area (Å²) in [6.07, 6.45) is 12.8. The van der Waals surface area contributed by atoms with E-state index in [0.29, 0.717) is 51.4 Å². The predicted molar refractivity (Wildman–Crippen MR) is 332 cm³/mol. The summed E-state index contributed by atoms with van der Waals surface area (Å²) in [5.74, 6) is -15.0. The van der Waals surface area contributed by atoms with Crippen molar-refractivity contribution in [2.24, 2.45) is 58.2 Å². The normalized spacial score (nSPS) is 13.1. The van der Waals surface area contributed by atoms with E-state index < -0.39 is 94.1 Å². The first-order valence-electron chi connectivity index (χ1n) is 32.2. The number of Topliss-reactive ketones (excluding diaryl/α,β-unsaturated/α-hetero) is 8. The van der Waals surface area contributed by atoms with Crippen molar-refractivity contribution >= 4 is 94.0 Å². The van der Waals surface area contributed by atoms with E-state index in [1.54, 1.807) is 55.4 Å². The van der Waals surface area contributed by atoms with E-state index >= 15 is 0 Å². The monoisotopic (exact) mass is 1250 g/mol. The average Bonchev–Trinajstić information content (AvgIpc) is 2.66. The molecule has 504 valence electrons. The van der Waals surface area contributed by atoms with Crippen molar-refractivity contribution in [3.63, 3.8) is 0 Å². The van der Waals surface area contributed by atoms with Gasteiger partial charge in [-0.2, -0.15) is 0 Å². The Hall–Kier alpha value is -6.08. The fourth-order valence-corrected chi connectivity index (χ4v) is 8.59. The summed E-state index contributed by atoms with van der Waals surface area (Å²) in [6.45, 7) is 33.6. The van der Waals surface area contributed by atoms with E-state index in [1.807, 2.05) is 27.7 Å². The number of carbonyl (C=O) groups is 16. The maximum atomic E-state index is 12.6. The second-order valence-corrected chi connectivity index (χ2v) is 23.9. The van der Waals surface area contributed by atoms with Crippen molar-refractivity contribution in [2.75, 3.05) is 0 Å². The van der Waals surface area contributed by atoms with Crippen molar-refractivity contribution in [3.8, 4) is 0 Å². The number of ketones is 8. The van der Waals surface area contributed by atoms with Crippen molar-refractivity contribution in [1.82, 2.24) is 0 Å². The van der Waals surface area contributed by atoms with Crippen LogP contribution in [0.5, 0.6) is 0 Å². The predicted octanol–water partition coefficient (Wildman–Crippen LogP) is 12.7. The van der Waals surface area contributed by atoms with Gasteiger partial charge in [-0.15, -0.1) is 0 Å². The molecule has 0 aliphatic carbocycles. The maximum absolute atomic E-state index is 12.6. The van der Waals surface area contributed by atoms with E-state index in [2.05, 4.69) is 18.6 Å². The van der Waals surface area contributed by atoms with Gasteiger partial charge in [0, 0.05) is 50.4 Å². The minimum Gasteiger partial charge on any atom is -0.392 e. The van der Waals surface area contributed by atoms with Gasteiger partial charge in [0.2, 0.25) is 0 Å². The number of hydrogen-bond donors (Lipinski definition) is 0. The summed E-state index contributed by atoms with van der Waals surface area (Å²) in [5, 5.41) is 0. The van der Waals surface area contributed by atoms with Crippen LogP contribution in [0.2, 0.25) is 0 Å².